The Hall–Kier alpha value is -2.78. The zero-order chi connectivity index (χ0) is 19.2. The molecule has 3 N–H and O–H groups in total. The molecule has 0 aromatic heterocycles. The second-order valence-electron chi connectivity index (χ2n) is 5.52. The number of hydrogen-bond acceptors (Lipinski definition) is 3. The van der Waals surface area contributed by atoms with E-state index in [0.29, 0.717) is 18.1 Å². The molecular formula is C16H20F3N5O2. The van der Waals surface area contributed by atoms with Crippen molar-refractivity contribution in [2.24, 2.45) is 4.99 Å². The molecule has 1 aliphatic heterocycles. The van der Waals surface area contributed by atoms with E-state index in [1.54, 1.807) is 6.07 Å². The number of imide groups is 1. The lowest BCUT2D eigenvalue weighted by Crippen LogP contribution is -2.43. The van der Waals surface area contributed by atoms with Crippen molar-refractivity contribution in [3.8, 4) is 0 Å². The van der Waals surface area contributed by atoms with Gasteiger partial charge in [0.25, 0.3) is 0 Å². The first-order valence-electron chi connectivity index (χ1n) is 8.07. The highest BCUT2D eigenvalue weighted by molar-refractivity contribution is 6.01. The molecule has 0 radical (unpaired) electrons. The van der Waals surface area contributed by atoms with Gasteiger partial charge in [-0.15, -0.1) is 0 Å². The van der Waals surface area contributed by atoms with Gasteiger partial charge in [0.1, 0.15) is 0 Å². The molecule has 7 nitrogen and oxygen atoms in total. The molecule has 0 aliphatic carbocycles. The molecule has 1 saturated heterocycles. The lowest BCUT2D eigenvalue weighted by atomic mass is 10.1. The summed E-state index contributed by atoms with van der Waals surface area (Å²) in [5, 5.41) is 8.32. The van der Waals surface area contributed by atoms with Crippen molar-refractivity contribution in [3.05, 3.63) is 35.4 Å². The van der Waals surface area contributed by atoms with Gasteiger partial charge in [0, 0.05) is 19.6 Å². The van der Waals surface area contributed by atoms with E-state index in [2.05, 4.69) is 20.9 Å². The van der Waals surface area contributed by atoms with Crippen molar-refractivity contribution in [1.82, 2.24) is 20.9 Å². The standard InChI is InChI=1S/C16H20F3N5O2/c1-2-20-14(21-6-7-24-13(25)10-23-15(24)26)22-9-11-4-3-5-12(8-11)16(17,18)19/h3-5,8H,2,6-7,9-10H2,1H3,(H,23,26)(H2,20,21,22). The van der Waals surface area contributed by atoms with Crippen LogP contribution >= 0.6 is 0 Å². The average molecular weight is 371 g/mol. The van der Waals surface area contributed by atoms with E-state index >= 15 is 0 Å². The summed E-state index contributed by atoms with van der Waals surface area (Å²) in [4.78, 5) is 28.2. The SMILES string of the molecule is CCNC(=NCc1cccc(C(F)(F)F)c1)NCCN1C(=O)CNC1=O. The second-order valence-corrected chi connectivity index (χ2v) is 5.52. The normalized spacial score (nSPS) is 15.2. The first-order chi connectivity index (χ1) is 12.3. The van der Waals surface area contributed by atoms with E-state index in [9.17, 15) is 22.8 Å². The maximum Gasteiger partial charge on any atom is 0.416 e. The van der Waals surface area contributed by atoms with Gasteiger partial charge in [-0.2, -0.15) is 13.2 Å². The molecular weight excluding hydrogens is 351 g/mol. The van der Waals surface area contributed by atoms with Crippen molar-refractivity contribution in [1.29, 1.82) is 0 Å². The highest BCUT2D eigenvalue weighted by Crippen LogP contribution is 2.29. The van der Waals surface area contributed by atoms with Crippen molar-refractivity contribution < 1.29 is 22.8 Å². The zero-order valence-electron chi connectivity index (χ0n) is 14.2. The molecule has 0 atom stereocenters. The summed E-state index contributed by atoms with van der Waals surface area (Å²) >= 11 is 0. The Kier molecular flexibility index (Phi) is 6.42. The molecule has 1 aliphatic rings. The van der Waals surface area contributed by atoms with Gasteiger partial charge in [0.05, 0.1) is 18.7 Å². The molecule has 0 unspecified atom stereocenters. The molecule has 26 heavy (non-hydrogen) atoms. The van der Waals surface area contributed by atoms with Crippen LogP contribution in [0.2, 0.25) is 0 Å². The van der Waals surface area contributed by atoms with Gasteiger partial charge in [0.15, 0.2) is 5.96 Å². The molecule has 1 heterocycles. The van der Waals surface area contributed by atoms with Crippen LogP contribution in [0.15, 0.2) is 29.3 Å². The average Bonchev–Trinajstić information content (AvgIpc) is 2.91. The molecule has 2 rings (SSSR count). The number of carbonyl (C=O) groups excluding carboxylic acids is 2. The Morgan fingerprint density at radius 1 is 1.31 bits per heavy atom. The quantitative estimate of drug-likeness (QED) is 0.400. The predicted molar refractivity (Wildman–Crippen MR) is 89.4 cm³/mol. The lowest BCUT2D eigenvalue weighted by molar-refractivity contribution is -0.137. The molecule has 1 fully saturated rings. The van der Waals surface area contributed by atoms with E-state index in [0.717, 1.165) is 17.0 Å². The van der Waals surface area contributed by atoms with Gasteiger partial charge in [0.2, 0.25) is 5.91 Å². The number of halogens is 3. The van der Waals surface area contributed by atoms with Crippen LogP contribution < -0.4 is 16.0 Å². The number of nitrogens with one attached hydrogen (secondary N) is 3. The number of alkyl halides is 3. The number of benzene rings is 1. The van der Waals surface area contributed by atoms with Crippen LogP contribution in [0.1, 0.15) is 18.1 Å². The topological polar surface area (TPSA) is 85.8 Å². The summed E-state index contributed by atoms with van der Waals surface area (Å²) < 4.78 is 38.2. The van der Waals surface area contributed by atoms with Crippen LogP contribution in [0.4, 0.5) is 18.0 Å². The number of hydrogen-bond donors (Lipinski definition) is 3. The minimum atomic E-state index is -4.40. The zero-order valence-corrected chi connectivity index (χ0v) is 14.2. The third kappa shape index (κ3) is 5.36. The van der Waals surface area contributed by atoms with Gasteiger partial charge in [-0.25, -0.2) is 9.79 Å². The predicted octanol–water partition coefficient (Wildman–Crippen LogP) is 1.31. The lowest BCUT2D eigenvalue weighted by Gasteiger charge is -2.15. The minimum Gasteiger partial charge on any atom is -0.357 e. The largest absolute Gasteiger partial charge is 0.416 e. The first kappa shape index (κ1) is 19.5. The van der Waals surface area contributed by atoms with Crippen LogP contribution in [0.3, 0.4) is 0 Å². The second kappa shape index (κ2) is 8.54. The van der Waals surface area contributed by atoms with Gasteiger partial charge in [-0.05, 0) is 24.6 Å². The van der Waals surface area contributed by atoms with Crippen molar-refractivity contribution in [3.63, 3.8) is 0 Å². The van der Waals surface area contributed by atoms with Crippen molar-refractivity contribution in [2.75, 3.05) is 26.2 Å². The Morgan fingerprint density at radius 2 is 2.08 bits per heavy atom. The molecule has 0 spiro atoms. The number of carbonyl (C=O) groups is 2. The minimum absolute atomic E-state index is 0.0114. The molecule has 3 amide bonds. The van der Waals surface area contributed by atoms with E-state index in [1.807, 2.05) is 6.92 Å². The summed E-state index contributed by atoms with van der Waals surface area (Å²) in [5.74, 6) is 0.0830. The monoisotopic (exact) mass is 371 g/mol. The van der Waals surface area contributed by atoms with Gasteiger partial charge in [-0.3, -0.25) is 9.69 Å². The number of nitrogens with zero attached hydrogens (tertiary/aromatic N) is 2. The molecule has 1 aromatic carbocycles. The van der Waals surface area contributed by atoms with E-state index in [4.69, 9.17) is 0 Å². The highest BCUT2D eigenvalue weighted by Gasteiger charge is 2.30. The van der Waals surface area contributed by atoms with Gasteiger partial charge < -0.3 is 16.0 Å². The highest BCUT2D eigenvalue weighted by atomic mass is 19.4. The first-order valence-corrected chi connectivity index (χ1v) is 8.07. The number of amides is 3. The van der Waals surface area contributed by atoms with Gasteiger partial charge >= 0.3 is 12.2 Å². The fourth-order valence-electron chi connectivity index (χ4n) is 2.33. The smallest absolute Gasteiger partial charge is 0.357 e. The summed E-state index contributed by atoms with van der Waals surface area (Å²) in [5.41, 5.74) is -0.298. The number of guanidine groups is 1. The summed E-state index contributed by atoms with van der Waals surface area (Å²) in [6.45, 7) is 2.88. The molecule has 10 heteroatoms. The van der Waals surface area contributed by atoms with E-state index < -0.39 is 17.8 Å². The van der Waals surface area contributed by atoms with Crippen LogP contribution in [0.5, 0.6) is 0 Å². The van der Waals surface area contributed by atoms with Crippen LogP contribution in [0, 0.1) is 0 Å². The Labute approximate surface area is 148 Å². The van der Waals surface area contributed by atoms with Crippen LogP contribution in [-0.4, -0.2) is 49.0 Å². The number of urea groups is 1. The summed E-state index contributed by atoms with van der Waals surface area (Å²) in [6.07, 6.45) is -4.40. The van der Waals surface area contributed by atoms with Crippen LogP contribution in [-0.2, 0) is 17.5 Å². The van der Waals surface area contributed by atoms with Crippen molar-refractivity contribution in [2.45, 2.75) is 19.6 Å². The summed E-state index contributed by atoms with van der Waals surface area (Å²) in [6, 6.07) is 4.53. The third-order valence-electron chi connectivity index (χ3n) is 3.58. The molecule has 0 bridgehead atoms. The summed E-state index contributed by atoms with van der Waals surface area (Å²) in [7, 11) is 0. The van der Waals surface area contributed by atoms with Crippen LogP contribution in [0.25, 0.3) is 0 Å². The maximum atomic E-state index is 12.7. The molecule has 1 aromatic rings. The third-order valence-corrected chi connectivity index (χ3v) is 3.58. The number of aliphatic imine (C=N–C) groups is 1. The Balaban J connectivity index is 1.94. The van der Waals surface area contributed by atoms with E-state index in [1.165, 1.54) is 6.07 Å². The van der Waals surface area contributed by atoms with E-state index in [-0.39, 0.29) is 32.1 Å². The maximum absolute atomic E-state index is 12.7. The fraction of sp³-hybridized carbons (Fsp3) is 0.438. The fourth-order valence-corrected chi connectivity index (χ4v) is 2.33. The molecule has 142 valence electrons. The Bertz CT molecular complexity index is 675. The molecule has 0 saturated carbocycles. The van der Waals surface area contributed by atoms with Gasteiger partial charge in [-0.1, -0.05) is 12.1 Å². The Morgan fingerprint density at radius 3 is 2.69 bits per heavy atom. The van der Waals surface area contributed by atoms with Crippen molar-refractivity contribution >= 4 is 17.9 Å². The number of rotatable bonds is 6.